The smallest absolute Gasteiger partial charge is 0.299 e. The highest BCUT2D eigenvalue weighted by molar-refractivity contribution is 5.56. The Morgan fingerprint density at radius 2 is 2.13 bits per heavy atom. The molecule has 0 aliphatic heterocycles. The summed E-state index contributed by atoms with van der Waals surface area (Å²) >= 11 is 0. The van der Waals surface area contributed by atoms with Gasteiger partial charge in [0.15, 0.2) is 0 Å². The molecular weight excluding hydrogens is 286 g/mol. The van der Waals surface area contributed by atoms with Gasteiger partial charge in [0.2, 0.25) is 5.88 Å². The maximum Gasteiger partial charge on any atom is 0.299 e. The Kier molecular flexibility index (Phi) is 5.54. The molecule has 0 atom stereocenters. The van der Waals surface area contributed by atoms with Gasteiger partial charge in [0.1, 0.15) is 0 Å². The number of carbonyl (C=O) groups is 1. The first-order chi connectivity index (χ1) is 10.9. The van der Waals surface area contributed by atoms with Crippen LogP contribution in [0.1, 0.15) is 52.5 Å². The van der Waals surface area contributed by atoms with Crippen LogP contribution in [0.5, 0.6) is 5.88 Å². The lowest BCUT2D eigenvalue weighted by molar-refractivity contribution is -0.120. The zero-order chi connectivity index (χ0) is 16.9. The van der Waals surface area contributed by atoms with Crippen LogP contribution in [0.25, 0.3) is 6.08 Å². The van der Waals surface area contributed by atoms with Crippen molar-refractivity contribution >= 4 is 12.5 Å². The molecule has 0 fully saturated rings. The van der Waals surface area contributed by atoms with E-state index in [0.29, 0.717) is 12.4 Å². The molecule has 2 rings (SSSR count). The standard InChI is InChI=1S/C20H25NO2/c1-15(12-17-8-10-19(21-13-17)23-14-22)7-9-18-16(2)6-5-11-20(18,3)4/h7-10,12-14H,5-6,11H2,1-4H3/b9-7?,15-12+. The third-order valence-electron chi connectivity index (χ3n) is 4.38. The molecule has 0 aromatic carbocycles. The molecule has 0 saturated heterocycles. The highest BCUT2D eigenvalue weighted by atomic mass is 16.5. The predicted molar refractivity (Wildman–Crippen MR) is 94.1 cm³/mol. The van der Waals surface area contributed by atoms with E-state index < -0.39 is 0 Å². The molecule has 0 amide bonds. The van der Waals surface area contributed by atoms with Crippen molar-refractivity contribution in [1.29, 1.82) is 0 Å². The second-order valence-corrected chi connectivity index (χ2v) is 6.80. The Morgan fingerprint density at radius 3 is 2.74 bits per heavy atom. The molecule has 0 spiro atoms. The second-order valence-electron chi connectivity index (χ2n) is 6.80. The first kappa shape index (κ1) is 17.2. The minimum atomic E-state index is 0.258. The zero-order valence-corrected chi connectivity index (χ0v) is 14.4. The number of aromatic nitrogens is 1. The molecule has 1 heterocycles. The van der Waals surface area contributed by atoms with Crippen LogP contribution in [-0.2, 0) is 4.79 Å². The Balaban J connectivity index is 2.14. The van der Waals surface area contributed by atoms with Crippen LogP contribution in [0.4, 0.5) is 0 Å². The van der Waals surface area contributed by atoms with Gasteiger partial charge in [-0.05, 0) is 55.7 Å². The van der Waals surface area contributed by atoms with Crippen LogP contribution in [0.2, 0.25) is 0 Å². The lowest BCUT2D eigenvalue weighted by atomic mass is 9.72. The molecule has 0 N–H and O–H groups in total. The predicted octanol–water partition coefficient (Wildman–Crippen LogP) is 5.10. The maximum absolute atomic E-state index is 10.3. The number of ether oxygens (including phenoxy) is 1. The molecule has 1 aromatic heterocycles. The molecule has 1 aromatic rings. The summed E-state index contributed by atoms with van der Waals surface area (Å²) in [6.07, 6.45) is 11.9. The lowest BCUT2D eigenvalue weighted by Gasteiger charge is -2.32. The molecular formula is C20H25NO2. The van der Waals surface area contributed by atoms with Gasteiger partial charge in [0, 0.05) is 12.3 Å². The largest absolute Gasteiger partial charge is 0.410 e. The van der Waals surface area contributed by atoms with Crippen LogP contribution in [0.15, 0.2) is 47.2 Å². The summed E-state index contributed by atoms with van der Waals surface area (Å²) in [5, 5.41) is 0. The molecule has 3 heteroatoms. The van der Waals surface area contributed by atoms with Crippen LogP contribution in [0, 0.1) is 5.41 Å². The topological polar surface area (TPSA) is 39.2 Å². The highest BCUT2D eigenvalue weighted by Crippen LogP contribution is 2.40. The van der Waals surface area contributed by atoms with E-state index in [0.717, 1.165) is 11.1 Å². The first-order valence-electron chi connectivity index (χ1n) is 8.05. The minimum Gasteiger partial charge on any atom is -0.410 e. The van der Waals surface area contributed by atoms with Gasteiger partial charge >= 0.3 is 0 Å². The molecule has 0 radical (unpaired) electrons. The fourth-order valence-electron chi connectivity index (χ4n) is 3.13. The number of pyridine rings is 1. The monoisotopic (exact) mass is 311 g/mol. The van der Waals surface area contributed by atoms with Crippen LogP contribution in [0.3, 0.4) is 0 Å². The number of hydrogen-bond acceptors (Lipinski definition) is 3. The third kappa shape index (κ3) is 4.65. The average Bonchev–Trinajstić information content (AvgIpc) is 2.48. The van der Waals surface area contributed by atoms with E-state index in [9.17, 15) is 4.79 Å². The van der Waals surface area contributed by atoms with Gasteiger partial charge in [-0.3, -0.25) is 4.79 Å². The first-order valence-corrected chi connectivity index (χ1v) is 8.05. The highest BCUT2D eigenvalue weighted by Gasteiger charge is 2.26. The van der Waals surface area contributed by atoms with Gasteiger partial charge in [-0.15, -0.1) is 0 Å². The summed E-state index contributed by atoms with van der Waals surface area (Å²) in [7, 11) is 0. The summed E-state index contributed by atoms with van der Waals surface area (Å²) in [6.45, 7) is 9.36. The third-order valence-corrected chi connectivity index (χ3v) is 4.38. The molecule has 1 aliphatic rings. The van der Waals surface area contributed by atoms with Crippen molar-refractivity contribution in [3.63, 3.8) is 0 Å². The van der Waals surface area contributed by atoms with E-state index in [2.05, 4.69) is 50.9 Å². The fourth-order valence-corrected chi connectivity index (χ4v) is 3.13. The zero-order valence-electron chi connectivity index (χ0n) is 14.4. The van der Waals surface area contributed by atoms with Gasteiger partial charge in [-0.25, -0.2) is 4.98 Å². The lowest BCUT2D eigenvalue weighted by Crippen LogP contribution is -2.19. The number of allylic oxidation sites excluding steroid dienone is 5. The molecule has 1 aliphatic carbocycles. The maximum atomic E-state index is 10.3. The summed E-state index contributed by atoms with van der Waals surface area (Å²) < 4.78 is 4.69. The van der Waals surface area contributed by atoms with Gasteiger partial charge < -0.3 is 4.74 Å². The van der Waals surface area contributed by atoms with E-state index in [1.165, 1.54) is 30.4 Å². The summed E-state index contributed by atoms with van der Waals surface area (Å²) in [4.78, 5) is 14.3. The van der Waals surface area contributed by atoms with E-state index in [1.54, 1.807) is 12.3 Å². The summed E-state index contributed by atoms with van der Waals surface area (Å²) in [6, 6.07) is 3.58. The van der Waals surface area contributed by atoms with Crippen LogP contribution < -0.4 is 4.74 Å². The van der Waals surface area contributed by atoms with Gasteiger partial charge in [0.05, 0.1) is 0 Å². The number of nitrogens with zero attached hydrogens (tertiary/aromatic N) is 1. The molecule has 0 bridgehead atoms. The van der Waals surface area contributed by atoms with Crippen molar-refractivity contribution in [2.75, 3.05) is 0 Å². The van der Waals surface area contributed by atoms with Crippen molar-refractivity contribution in [1.82, 2.24) is 4.98 Å². The quantitative estimate of drug-likeness (QED) is 0.561. The van der Waals surface area contributed by atoms with E-state index in [1.807, 2.05) is 6.07 Å². The summed E-state index contributed by atoms with van der Waals surface area (Å²) in [5.74, 6) is 0.315. The van der Waals surface area contributed by atoms with E-state index in [-0.39, 0.29) is 5.41 Å². The van der Waals surface area contributed by atoms with Gasteiger partial charge in [-0.2, -0.15) is 0 Å². The van der Waals surface area contributed by atoms with Gasteiger partial charge in [0.25, 0.3) is 6.47 Å². The number of hydrogen-bond donors (Lipinski definition) is 0. The Labute approximate surface area is 138 Å². The van der Waals surface area contributed by atoms with Crippen LogP contribution in [-0.4, -0.2) is 11.5 Å². The van der Waals surface area contributed by atoms with Gasteiger partial charge in [-0.1, -0.05) is 43.2 Å². The molecule has 122 valence electrons. The average molecular weight is 311 g/mol. The fraction of sp³-hybridized carbons (Fsp3) is 0.400. The normalized spacial score (nSPS) is 18.3. The van der Waals surface area contributed by atoms with E-state index >= 15 is 0 Å². The Morgan fingerprint density at radius 1 is 1.35 bits per heavy atom. The van der Waals surface area contributed by atoms with Crippen molar-refractivity contribution in [2.45, 2.75) is 47.0 Å². The minimum absolute atomic E-state index is 0.258. The second kappa shape index (κ2) is 7.40. The van der Waals surface area contributed by atoms with Crippen molar-refractivity contribution in [3.8, 4) is 5.88 Å². The van der Waals surface area contributed by atoms with E-state index in [4.69, 9.17) is 4.74 Å². The van der Waals surface area contributed by atoms with Crippen molar-refractivity contribution in [3.05, 3.63) is 52.8 Å². The van der Waals surface area contributed by atoms with Crippen LogP contribution >= 0.6 is 0 Å². The molecule has 0 unspecified atom stereocenters. The molecule has 23 heavy (non-hydrogen) atoms. The SMILES string of the molecule is CC1=C(C=C/C(C)=C/c2ccc(OC=O)nc2)C(C)(C)CCC1. The number of carbonyl (C=O) groups excluding carboxylic acids is 1. The molecule has 3 nitrogen and oxygen atoms in total. The summed E-state index contributed by atoms with van der Waals surface area (Å²) in [5.41, 5.74) is 5.37. The Bertz CT molecular complexity index is 649. The Hall–Kier alpha value is -2.16. The number of rotatable bonds is 5. The molecule has 0 saturated carbocycles. The van der Waals surface area contributed by atoms with Crippen molar-refractivity contribution < 1.29 is 9.53 Å². The van der Waals surface area contributed by atoms with Crippen molar-refractivity contribution in [2.24, 2.45) is 5.41 Å².